The second kappa shape index (κ2) is 5.98. The van der Waals surface area contributed by atoms with Crippen LogP contribution in [0, 0.1) is 49.1 Å². The summed E-state index contributed by atoms with van der Waals surface area (Å²) < 4.78 is 0. The number of nitro groups is 1. The summed E-state index contributed by atoms with van der Waals surface area (Å²) in [6, 6.07) is 8.93. The molecule has 0 radical (unpaired) electrons. The maximum absolute atomic E-state index is 10.7. The number of nitrogens with zero attached hydrogens (tertiary/aromatic N) is 2. The standard InChI is InChI=1S/C18H18N2O2/c1-11-13(3)18(10-19)14(4)12(2)17(11)9-15-5-7-16(8-6-15)20(21)22/h5-8H,9H2,1-4H3. The molecule has 0 amide bonds. The van der Waals surface area contributed by atoms with Gasteiger partial charge in [-0.25, -0.2) is 0 Å². The molecule has 0 aromatic heterocycles. The zero-order valence-electron chi connectivity index (χ0n) is 13.2. The molecule has 0 N–H and O–H groups in total. The van der Waals surface area contributed by atoms with Crippen molar-refractivity contribution >= 4 is 5.69 Å². The summed E-state index contributed by atoms with van der Waals surface area (Å²) in [6.45, 7) is 8.01. The molecule has 2 aromatic carbocycles. The number of hydrogen-bond donors (Lipinski definition) is 0. The molecule has 0 spiro atoms. The topological polar surface area (TPSA) is 66.9 Å². The Labute approximate surface area is 130 Å². The molecule has 0 unspecified atom stereocenters. The van der Waals surface area contributed by atoms with Gasteiger partial charge in [-0.2, -0.15) is 5.26 Å². The van der Waals surface area contributed by atoms with Gasteiger partial charge in [0, 0.05) is 12.1 Å². The molecule has 112 valence electrons. The van der Waals surface area contributed by atoms with E-state index in [0.29, 0.717) is 6.42 Å². The lowest BCUT2D eigenvalue weighted by Crippen LogP contribution is -2.04. The third-order valence-corrected chi connectivity index (χ3v) is 4.42. The predicted molar refractivity (Wildman–Crippen MR) is 86.0 cm³/mol. The summed E-state index contributed by atoms with van der Waals surface area (Å²) in [5.74, 6) is 0. The number of nitro benzene ring substituents is 1. The van der Waals surface area contributed by atoms with Crippen molar-refractivity contribution in [2.75, 3.05) is 0 Å². The highest BCUT2D eigenvalue weighted by Crippen LogP contribution is 2.28. The lowest BCUT2D eigenvalue weighted by Gasteiger charge is -2.17. The van der Waals surface area contributed by atoms with Crippen molar-refractivity contribution < 1.29 is 4.92 Å². The van der Waals surface area contributed by atoms with E-state index < -0.39 is 4.92 Å². The van der Waals surface area contributed by atoms with Crippen LogP contribution in [0.4, 0.5) is 5.69 Å². The molecule has 0 aliphatic heterocycles. The Morgan fingerprint density at radius 2 is 1.50 bits per heavy atom. The summed E-state index contributed by atoms with van der Waals surface area (Å²) >= 11 is 0. The smallest absolute Gasteiger partial charge is 0.258 e. The summed E-state index contributed by atoms with van der Waals surface area (Å²) in [5.41, 5.74) is 7.36. The SMILES string of the molecule is Cc1c(C)c(Cc2ccc([N+](=O)[O-])cc2)c(C)c(C)c1C#N. The predicted octanol–water partition coefficient (Wildman–Crippen LogP) is 4.29. The van der Waals surface area contributed by atoms with Gasteiger partial charge in [-0.3, -0.25) is 10.1 Å². The molecule has 4 heteroatoms. The van der Waals surface area contributed by atoms with Crippen molar-refractivity contribution in [2.45, 2.75) is 34.1 Å². The molecule has 0 saturated heterocycles. The monoisotopic (exact) mass is 294 g/mol. The molecule has 0 fully saturated rings. The van der Waals surface area contributed by atoms with Crippen LogP contribution >= 0.6 is 0 Å². The van der Waals surface area contributed by atoms with Crippen molar-refractivity contribution in [3.05, 3.63) is 73.3 Å². The fraction of sp³-hybridized carbons (Fsp3) is 0.278. The van der Waals surface area contributed by atoms with Crippen LogP contribution in [0.2, 0.25) is 0 Å². The van der Waals surface area contributed by atoms with Crippen LogP contribution in [0.25, 0.3) is 0 Å². The van der Waals surface area contributed by atoms with Crippen molar-refractivity contribution in [2.24, 2.45) is 0 Å². The Bertz CT molecular complexity index is 755. The van der Waals surface area contributed by atoms with Crippen molar-refractivity contribution in [3.63, 3.8) is 0 Å². The Hall–Kier alpha value is -2.67. The average Bonchev–Trinajstić information content (AvgIpc) is 2.50. The summed E-state index contributed by atoms with van der Waals surface area (Å²) in [7, 11) is 0. The van der Waals surface area contributed by atoms with E-state index in [1.54, 1.807) is 12.1 Å². The van der Waals surface area contributed by atoms with Crippen LogP contribution in [0.1, 0.15) is 38.9 Å². The fourth-order valence-electron chi connectivity index (χ4n) is 2.76. The molecule has 0 bridgehead atoms. The van der Waals surface area contributed by atoms with Gasteiger partial charge in [-0.1, -0.05) is 12.1 Å². The van der Waals surface area contributed by atoms with Gasteiger partial charge in [0.05, 0.1) is 16.6 Å². The third-order valence-electron chi connectivity index (χ3n) is 4.42. The first-order valence-corrected chi connectivity index (χ1v) is 7.09. The van der Waals surface area contributed by atoms with Crippen molar-refractivity contribution in [1.82, 2.24) is 0 Å². The van der Waals surface area contributed by atoms with E-state index >= 15 is 0 Å². The van der Waals surface area contributed by atoms with Gasteiger partial charge >= 0.3 is 0 Å². The quantitative estimate of drug-likeness (QED) is 0.626. The van der Waals surface area contributed by atoms with Crippen LogP contribution in [0.5, 0.6) is 0 Å². The first-order chi connectivity index (χ1) is 10.4. The van der Waals surface area contributed by atoms with Crippen LogP contribution in [0.3, 0.4) is 0 Å². The van der Waals surface area contributed by atoms with Gasteiger partial charge in [0.25, 0.3) is 5.69 Å². The molecule has 0 heterocycles. The van der Waals surface area contributed by atoms with Gasteiger partial charge in [0.2, 0.25) is 0 Å². The summed E-state index contributed by atoms with van der Waals surface area (Å²) in [4.78, 5) is 10.3. The normalized spacial score (nSPS) is 10.3. The largest absolute Gasteiger partial charge is 0.269 e. The van der Waals surface area contributed by atoms with Gasteiger partial charge in [-0.05, 0) is 67.5 Å². The maximum Gasteiger partial charge on any atom is 0.269 e. The Balaban J connectivity index is 2.46. The number of hydrogen-bond acceptors (Lipinski definition) is 3. The van der Waals surface area contributed by atoms with E-state index in [2.05, 4.69) is 6.07 Å². The molecular formula is C18H18N2O2. The highest BCUT2D eigenvalue weighted by atomic mass is 16.6. The van der Waals surface area contributed by atoms with E-state index in [-0.39, 0.29) is 5.69 Å². The van der Waals surface area contributed by atoms with Crippen molar-refractivity contribution in [3.8, 4) is 6.07 Å². The van der Waals surface area contributed by atoms with Gasteiger partial charge in [-0.15, -0.1) is 0 Å². The lowest BCUT2D eigenvalue weighted by molar-refractivity contribution is -0.384. The van der Waals surface area contributed by atoms with E-state index in [9.17, 15) is 15.4 Å². The Kier molecular flexibility index (Phi) is 4.27. The summed E-state index contributed by atoms with van der Waals surface area (Å²) in [5, 5.41) is 20.0. The Morgan fingerprint density at radius 3 is 1.91 bits per heavy atom. The number of rotatable bonds is 3. The van der Waals surface area contributed by atoms with Crippen LogP contribution in [-0.2, 0) is 6.42 Å². The molecule has 4 nitrogen and oxygen atoms in total. The molecular weight excluding hydrogens is 276 g/mol. The molecule has 0 aliphatic rings. The fourth-order valence-corrected chi connectivity index (χ4v) is 2.76. The number of nitriles is 1. The van der Waals surface area contributed by atoms with Crippen LogP contribution in [-0.4, -0.2) is 4.92 Å². The van der Waals surface area contributed by atoms with E-state index in [4.69, 9.17) is 0 Å². The van der Waals surface area contributed by atoms with Gasteiger partial charge < -0.3 is 0 Å². The molecule has 0 aliphatic carbocycles. The maximum atomic E-state index is 10.7. The lowest BCUT2D eigenvalue weighted by atomic mass is 9.86. The molecule has 0 saturated carbocycles. The number of non-ortho nitro benzene ring substituents is 1. The first-order valence-electron chi connectivity index (χ1n) is 7.09. The second-order valence-electron chi connectivity index (χ2n) is 5.57. The number of benzene rings is 2. The first kappa shape index (κ1) is 15.7. The molecule has 22 heavy (non-hydrogen) atoms. The second-order valence-corrected chi connectivity index (χ2v) is 5.57. The minimum atomic E-state index is -0.393. The molecule has 0 atom stereocenters. The van der Waals surface area contributed by atoms with E-state index in [1.165, 1.54) is 17.7 Å². The Morgan fingerprint density at radius 1 is 1.00 bits per heavy atom. The highest BCUT2D eigenvalue weighted by Gasteiger charge is 2.15. The third kappa shape index (κ3) is 2.71. The zero-order valence-corrected chi connectivity index (χ0v) is 13.2. The minimum Gasteiger partial charge on any atom is -0.258 e. The zero-order chi connectivity index (χ0) is 16.4. The van der Waals surface area contributed by atoms with Crippen molar-refractivity contribution in [1.29, 1.82) is 5.26 Å². The van der Waals surface area contributed by atoms with Crippen LogP contribution in [0.15, 0.2) is 24.3 Å². The van der Waals surface area contributed by atoms with Gasteiger partial charge in [0.1, 0.15) is 0 Å². The summed E-state index contributed by atoms with van der Waals surface area (Å²) in [6.07, 6.45) is 0.711. The molecule has 2 rings (SSSR count). The van der Waals surface area contributed by atoms with E-state index in [0.717, 1.165) is 33.4 Å². The van der Waals surface area contributed by atoms with Gasteiger partial charge in [0.15, 0.2) is 0 Å². The minimum absolute atomic E-state index is 0.101. The van der Waals surface area contributed by atoms with Crippen LogP contribution < -0.4 is 0 Å². The highest BCUT2D eigenvalue weighted by molar-refractivity contribution is 5.56. The molecule has 2 aromatic rings. The van der Waals surface area contributed by atoms with E-state index in [1.807, 2.05) is 27.7 Å². The average molecular weight is 294 g/mol.